The third-order valence-electron chi connectivity index (χ3n) is 3.60. The lowest BCUT2D eigenvalue weighted by Crippen LogP contribution is -2.36. The molecule has 100 valence electrons. The molecule has 1 amide bonds. The third-order valence-corrected chi connectivity index (χ3v) is 3.60. The topological polar surface area (TPSA) is 78.9 Å². The molecule has 1 aromatic rings. The van der Waals surface area contributed by atoms with Crippen LogP contribution in [-0.2, 0) is 4.74 Å². The van der Waals surface area contributed by atoms with Gasteiger partial charge in [0.15, 0.2) is 0 Å². The number of aromatic carboxylic acids is 1. The van der Waals surface area contributed by atoms with E-state index in [1.165, 1.54) is 11.0 Å². The number of nitrogens with zero attached hydrogens (tertiary/aromatic N) is 1. The predicted octanol–water partition coefficient (Wildman–Crippen LogP) is 1.07. The number of carboxylic acids is 1. The van der Waals surface area contributed by atoms with Crippen LogP contribution in [-0.4, -0.2) is 42.4 Å². The zero-order chi connectivity index (χ0) is 13.5. The molecular weight excluding hydrogens is 248 g/mol. The number of ether oxygens (including phenoxy) is 1. The molecule has 6 nitrogen and oxygen atoms in total. The number of amides is 1. The van der Waals surface area contributed by atoms with Crippen LogP contribution in [0.5, 0.6) is 0 Å². The van der Waals surface area contributed by atoms with Gasteiger partial charge >= 0.3 is 12.1 Å². The van der Waals surface area contributed by atoms with Crippen LogP contribution >= 0.6 is 0 Å². The van der Waals surface area contributed by atoms with Gasteiger partial charge in [-0.05, 0) is 18.7 Å². The Morgan fingerprint density at radius 1 is 1.42 bits per heavy atom. The quantitative estimate of drug-likeness (QED) is 0.833. The van der Waals surface area contributed by atoms with Crippen molar-refractivity contribution < 1.29 is 19.4 Å². The highest BCUT2D eigenvalue weighted by Gasteiger charge is 2.48. The Morgan fingerprint density at radius 3 is 2.89 bits per heavy atom. The fourth-order valence-corrected chi connectivity index (χ4v) is 2.64. The van der Waals surface area contributed by atoms with Crippen molar-refractivity contribution in [3.05, 3.63) is 29.8 Å². The van der Waals surface area contributed by atoms with Gasteiger partial charge in [-0.1, -0.05) is 12.1 Å². The average molecular weight is 262 g/mol. The molecule has 2 N–H and O–H groups in total. The van der Waals surface area contributed by atoms with E-state index in [1.807, 2.05) is 0 Å². The molecule has 0 aromatic heterocycles. The van der Waals surface area contributed by atoms with Crippen LogP contribution in [0.2, 0.25) is 0 Å². The summed E-state index contributed by atoms with van der Waals surface area (Å²) in [7, 11) is 0. The van der Waals surface area contributed by atoms with E-state index in [0.29, 0.717) is 18.8 Å². The smallest absolute Gasteiger partial charge is 0.415 e. The summed E-state index contributed by atoms with van der Waals surface area (Å²) in [4.78, 5) is 24.6. The highest BCUT2D eigenvalue weighted by molar-refractivity contribution is 6.00. The summed E-state index contributed by atoms with van der Waals surface area (Å²) in [6.45, 7) is 1.81. The first-order valence-electron chi connectivity index (χ1n) is 6.15. The van der Waals surface area contributed by atoms with Crippen molar-refractivity contribution in [2.45, 2.75) is 12.0 Å². The van der Waals surface area contributed by atoms with Gasteiger partial charge in [0.25, 0.3) is 0 Å². The van der Waals surface area contributed by atoms with E-state index in [4.69, 9.17) is 4.74 Å². The number of benzene rings is 1. The Bertz CT molecular complexity index is 537. The molecule has 2 saturated heterocycles. The number of carboxylic acid groups (broad SMARTS) is 1. The minimum Gasteiger partial charge on any atom is -0.478 e. The maximum atomic E-state index is 12.0. The molecule has 19 heavy (non-hydrogen) atoms. The normalized spacial score (nSPS) is 25.9. The maximum absolute atomic E-state index is 12.0. The van der Waals surface area contributed by atoms with Crippen LogP contribution in [0.4, 0.5) is 10.5 Å². The third kappa shape index (κ3) is 1.94. The van der Waals surface area contributed by atoms with Crippen LogP contribution in [0.3, 0.4) is 0 Å². The van der Waals surface area contributed by atoms with Gasteiger partial charge in [0.05, 0.1) is 17.8 Å². The van der Waals surface area contributed by atoms with Gasteiger partial charge in [0.1, 0.15) is 5.60 Å². The van der Waals surface area contributed by atoms with Crippen molar-refractivity contribution in [3.8, 4) is 0 Å². The first-order valence-corrected chi connectivity index (χ1v) is 6.15. The number of nitrogens with one attached hydrogen (secondary N) is 1. The van der Waals surface area contributed by atoms with E-state index in [9.17, 15) is 14.7 Å². The number of hydrogen-bond acceptors (Lipinski definition) is 4. The zero-order valence-electron chi connectivity index (χ0n) is 10.3. The second kappa shape index (κ2) is 4.24. The van der Waals surface area contributed by atoms with E-state index >= 15 is 0 Å². The van der Waals surface area contributed by atoms with E-state index in [-0.39, 0.29) is 5.56 Å². The first-order chi connectivity index (χ1) is 9.11. The highest BCUT2D eigenvalue weighted by atomic mass is 16.6. The molecule has 0 aliphatic carbocycles. The van der Waals surface area contributed by atoms with Crippen LogP contribution < -0.4 is 10.2 Å². The molecule has 2 aliphatic rings. The van der Waals surface area contributed by atoms with Gasteiger partial charge in [-0.2, -0.15) is 0 Å². The maximum Gasteiger partial charge on any atom is 0.415 e. The van der Waals surface area contributed by atoms with Crippen LogP contribution in [0.1, 0.15) is 16.8 Å². The summed E-state index contributed by atoms with van der Waals surface area (Å²) in [5.41, 5.74) is -0.00544. The van der Waals surface area contributed by atoms with E-state index in [0.717, 1.165) is 13.0 Å². The molecule has 2 aliphatic heterocycles. The molecule has 1 spiro atoms. The number of carbonyl (C=O) groups is 2. The van der Waals surface area contributed by atoms with Gasteiger partial charge in [-0.3, -0.25) is 4.90 Å². The van der Waals surface area contributed by atoms with Crippen LogP contribution in [0.25, 0.3) is 0 Å². The Morgan fingerprint density at radius 2 is 2.21 bits per heavy atom. The molecule has 1 unspecified atom stereocenters. The van der Waals surface area contributed by atoms with Crippen molar-refractivity contribution in [2.24, 2.45) is 0 Å². The number of para-hydroxylation sites is 1. The second-order valence-corrected chi connectivity index (χ2v) is 4.89. The molecule has 0 radical (unpaired) electrons. The minimum absolute atomic E-state index is 0.113. The van der Waals surface area contributed by atoms with Gasteiger partial charge in [-0.25, -0.2) is 9.59 Å². The largest absolute Gasteiger partial charge is 0.478 e. The summed E-state index contributed by atoms with van der Waals surface area (Å²) in [5, 5.41) is 12.3. The summed E-state index contributed by atoms with van der Waals surface area (Å²) in [6.07, 6.45) is 0.280. The lowest BCUT2D eigenvalue weighted by atomic mass is 10.0. The molecule has 0 bridgehead atoms. The van der Waals surface area contributed by atoms with E-state index < -0.39 is 17.7 Å². The lowest BCUT2D eigenvalue weighted by Gasteiger charge is -2.19. The zero-order valence-corrected chi connectivity index (χ0v) is 10.3. The molecule has 1 atom stereocenters. The first kappa shape index (κ1) is 12.0. The number of rotatable bonds is 2. The van der Waals surface area contributed by atoms with E-state index in [2.05, 4.69) is 5.32 Å². The Kier molecular flexibility index (Phi) is 2.67. The number of hydrogen-bond donors (Lipinski definition) is 2. The average Bonchev–Trinajstić information content (AvgIpc) is 2.97. The molecule has 2 fully saturated rings. The van der Waals surface area contributed by atoms with Crippen molar-refractivity contribution in [1.29, 1.82) is 0 Å². The van der Waals surface area contributed by atoms with Crippen LogP contribution in [0.15, 0.2) is 24.3 Å². The highest BCUT2D eigenvalue weighted by Crippen LogP contribution is 2.33. The van der Waals surface area contributed by atoms with Gasteiger partial charge in [-0.15, -0.1) is 0 Å². The molecular formula is C13H14N2O4. The molecule has 1 aromatic carbocycles. The Balaban J connectivity index is 1.95. The lowest BCUT2D eigenvalue weighted by molar-refractivity contribution is 0.0696. The van der Waals surface area contributed by atoms with Gasteiger partial charge < -0.3 is 15.2 Å². The molecule has 0 saturated carbocycles. The minimum atomic E-state index is -1.05. The second-order valence-electron chi connectivity index (χ2n) is 4.89. The van der Waals surface area contributed by atoms with Crippen molar-refractivity contribution in [1.82, 2.24) is 5.32 Å². The fraction of sp³-hybridized carbons (Fsp3) is 0.385. The molecule has 6 heteroatoms. The fourth-order valence-electron chi connectivity index (χ4n) is 2.64. The predicted molar refractivity (Wildman–Crippen MR) is 67.4 cm³/mol. The number of anilines is 1. The standard InChI is InChI=1S/C13H14N2O4/c16-11(17)9-3-1-2-4-10(9)15-8-13(19-12(15)18)5-6-14-7-13/h1-4,14H,5-8H2,(H,16,17). The summed E-state index contributed by atoms with van der Waals surface area (Å²) in [6, 6.07) is 6.48. The Hall–Kier alpha value is -2.08. The summed E-state index contributed by atoms with van der Waals surface area (Å²) in [5.74, 6) is -1.05. The van der Waals surface area contributed by atoms with Crippen molar-refractivity contribution in [2.75, 3.05) is 24.5 Å². The SMILES string of the molecule is O=C(O)c1ccccc1N1CC2(CCNC2)OC1=O. The summed E-state index contributed by atoms with van der Waals surface area (Å²) < 4.78 is 5.44. The molecule has 2 heterocycles. The van der Waals surface area contributed by atoms with Crippen LogP contribution in [0, 0.1) is 0 Å². The van der Waals surface area contributed by atoms with E-state index in [1.54, 1.807) is 18.2 Å². The van der Waals surface area contributed by atoms with Gasteiger partial charge in [0, 0.05) is 13.0 Å². The van der Waals surface area contributed by atoms with Crippen molar-refractivity contribution in [3.63, 3.8) is 0 Å². The Labute approximate surface area is 110 Å². The van der Waals surface area contributed by atoms with Crippen molar-refractivity contribution >= 4 is 17.7 Å². The number of carbonyl (C=O) groups excluding carboxylic acids is 1. The summed E-state index contributed by atoms with van der Waals surface area (Å²) >= 11 is 0. The molecule has 3 rings (SSSR count). The monoisotopic (exact) mass is 262 g/mol. The van der Waals surface area contributed by atoms with Gasteiger partial charge in [0.2, 0.25) is 0 Å².